The topological polar surface area (TPSA) is 75.2 Å². The van der Waals surface area contributed by atoms with Crippen LogP contribution < -0.4 is 10.6 Å². The monoisotopic (exact) mass is 238 g/mol. The summed E-state index contributed by atoms with van der Waals surface area (Å²) in [5, 5.41) is 9.90. The molecule has 16 heavy (non-hydrogen) atoms. The molecule has 0 bridgehead atoms. The number of nitrogens with two attached hydrogens (primary N) is 1. The first-order chi connectivity index (χ1) is 7.76. The Hall–Kier alpha value is -1.32. The zero-order valence-corrected chi connectivity index (χ0v) is 9.96. The number of nitriles is 1. The van der Waals surface area contributed by atoms with E-state index < -0.39 is 0 Å². The lowest BCUT2D eigenvalue weighted by molar-refractivity contribution is 0.0895. The Bertz CT molecular complexity index is 411. The highest BCUT2D eigenvalue weighted by Crippen LogP contribution is 2.31. The van der Waals surface area contributed by atoms with Gasteiger partial charge in [0.1, 0.15) is 16.6 Å². The Kier molecular flexibility index (Phi) is 3.27. The minimum Gasteiger partial charge on any atom is -0.382 e. The highest BCUT2D eigenvalue weighted by Gasteiger charge is 2.24. The molecule has 1 atom stereocenters. The number of nitrogens with zero attached hydrogens (tertiary/aromatic N) is 3. The third kappa shape index (κ3) is 1.96. The summed E-state index contributed by atoms with van der Waals surface area (Å²) in [6.45, 7) is 1.75. The molecule has 0 aliphatic carbocycles. The first-order valence-corrected chi connectivity index (χ1v) is 5.96. The lowest BCUT2D eigenvalue weighted by Crippen LogP contribution is -2.39. The van der Waals surface area contributed by atoms with Crippen molar-refractivity contribution in [1.29, 1.82) is 5.26 Å². The molecule has 1 aromatic heterocycles. The van der Waals surface area contributed by atoms with Crippen LogP contribution in [0, 0.1) is 11.3 Å². The van der Waals surface area contributed by atoms with Gasteiger partial charge in [-0.1, -0.05) is 0 Å². The van der Waals surface area contributed by atoms with Crippen molar-refractivity contribution in [3.05, 3.63) is 5.56 Å². The van der Waals surface area contributed by atoms with Crippen LogP contribution in [0.5, 0.6) is 0 Å². The van der Waals surface area contributed by atoms with Gasteiger partial charge >= 0.3 is 0 Å². The van der Waals surface area contributed by atoms with Gasteiger partial charge in [-0.25, -0.2) is 0 Å². The molecule has 1 saturated heterocycles. The second kappa shape index (κ2) is 4.68. The van der Waals surface area contributed by atoms with E-state index in [1.807, 2.05) is 0 Å². The number of anilines is 2. The zero-order chi connectivity index (χ0) is 11.5. The van der Waals surface area contributed by atoms with Gasteiger partial charge in [-0.3, -0.25) is 0 Å². The summed E-state index contributed by atoms with van der Waals surface area (Å²) in [6, 6.07) is 2.11. The van der Waals surface area contributed by atoms with Gasteiger partial charge in [-0.2, -0.15) is 9.64 Å². The maximum absolute atomic E-state index is 9.02. The van der Waals surface area contributed by atoms with Crippen LogP contribution in [0.2, 0.25) is 0 Å². The van der Waals surface area contributed by atoms with E-state index in [1.165, 1.54) is 11.5 Å². The summed E-state index contributed by atoms with van der Waals surface area (Å²) < 4.78 is 9.38. The van der Waals surface area contributed by atoms with Crippen molar-refractivity contribution >= 4 is 22.4 Å². The summed E-state index contributed by atoms with van der Waals surface area (Å²) in [4.78, 5) is 2.14. The molecule has 1 aromatic rings. The average Bonchev–Trinajstić information content (AvgIpc) is 2.70. The molecule has 0 amide bonds. The molecule has 5 nitrogen and oxygen atoms in total. The van der Waals surface area contributed by atoms with Gasteiger partial charge in [-0.05, 0) is 24.4 Å². The van der Waals surface area contributed by atoms with Gasteiger partial charge in [0.2, 0.25) is 0 Å². The number of methoxy groups -OCH3 is 1. The molecular formula is C10H14N4OS. The first kappa shape index (κ1) is 11.2. The van der Waals surface area contributed by atoms with E-state index in [-0.39, 0.29) is 6.10 Å². The largest absolute Gasteiger partial charge is 0.382 e. The van der Waals surface area contributed by atoms with Gasteiger partial charge in [0.15, 0.2) is 5.82 Å². The minimum absolute atomic E-state index is 0.239. The van der Waals surface area contributed by atoms with Gasteiger partial charge in [-0.15, -0.1) is 0 Å². The molecule has 0 spiro atoms. The van der Waals surface area contributed by atoms with Crippen molar-refractivity contribution < 1.29 is 4.74 Å². The Morgan fingerprint density at radius 3 is 3.19 bits per heavy atom. The summed E-state index contributed by atoms with van der Waals surface area (Å²) >= 11 is 1.29. The minimum atomic E-state index is 0.239. The van der Waals surface area contributed by atoms with Crippen LogP contribution in [0.15, 0.2) is 0 Å². The molecule has 1 aliphatic heterocycles. The van der Waals surface area contributed by atoms with Gasteiger partial charge in [0.25, 0.3) is 0 Å². The Labute approximate surface area is 98.6 Å². The number of ether oxygens (including phenoxy) is 1. The smallest absolute Gasteiger partial charge is 0.157 e. The second-order valence-electron chi connectivity index (χ2n) is 3.81. The summed E-state index contributed by atoms with van der Waals surface area (Å²) in [5.74, 6) is 0.335. The van der Waals surface area contributed by atoms with Crippen molar-refractivity contribution in [3.8, 4) is 6.07 Å². The predicted octanol–water partition coefficient (Wildman–Crippen LogP) is 1.21. The van der Waals surface area contributed by atoms with Crippen LogP contribution in [0.3, 0.4) is 0 Å². The van der Waals surface area contributed by atoms with Gasteiger partial charge in [0.05, 0.1) is 6.10 Å². The highest BCUT2D eigenvalue weighted by atomic mass is 32.1. The fourth-order valence-electron chi connectivity index (χ4n) is 1.93. The quantitative estimate of drug-likeness (QED) is 0.838. The van der Waals surface area contributed by atoms with E-state index in [9.17, 15) is 0 Å². The van der Waals surface area contributed by atoms with Crippen molar-refractivity contribution in [3.63, 3.8) is 0 Å². The van der Waals surface area contributed by atoms with E-state index >= 15 is 0 Å². The van der Waals surface area contributed by atoms with Crippen LogP contribution in [0.25, 0.3) is 0 Å². The van der Waals surface area contributed by atoms with E-state index in [1.54, 1.807) is 7.11 Å². The van der Waals surface area contributed by atoms with Crippen LogP contribution >= 0.6 is 11.5 Å². The number of hydrogen-bond donors (Lipinski definition) is 1. The van der Waals surface area contributed by atoms with E-state index in [4.69, 9.17) is 15.7 Å². The van der Waals surface area contributed by atoms with Crippen molar-refractivity contribution in [2.75, 3.05) is 30.8 Å². The molecule has 86 valence electrons. The van der Waals surface area contributed by atoms with E-state index in [0.717, 1.165) is 30.9 Å². The molecule has 1 aliphatic rings. The molecule has 0 aromatic carbocycles. The Morgan fingerprint density at radius 2 is 2.50 bits per heavy atom. The number of piperidine rings is 1. The molecule has 0 saturated carbocycles. The third-order valence-corrected chi connectivity index (χ3v) is 3.73. The zero-order valence-electron chi connectivity index (χ0n) is 9.14. The summed E-state index contributed by atoms with van der Waals surface area (Å²) in [7, 11) is 1.72. The first-order valence-electron chi connectivity index (χ1n) is 5.19. The van der Waals surface area contributed by atoms with Crippen LogP contribution in [-0.2, 0) is 4.74 Å². The second-order valence-corrected chi connectivity index (χ2v) is 4.56. The van der Waals surface area contributed by atoms with Crippen LogP contribution in [0.1, 0.15) is 18.4 Å². The molecule has 2 N–H and O–H groups in total. The van der Waals surface area contributed by atoms with E-state index in [2.05, 4.69) is 15.3 Å². The molecule has 1 fully saturated rings. The summed E-state index contributed by atoms with van der Waals surface area (Å²) in [5.41, 5.74) is 6.15. The molecule has 6 heteroatoms. The maximum atomic E-state index is 9.02. The van der Waals surface area contributed by atoms with Crippen molar-refractivity contribution in [1.82, 2.24) is 4.37 Å². The average molecular weight is 238 g/mol. The lowest BCUT2D eigenvalue weighted by atomic mass is 10.1. The normalized spacial score (nSPS) is 20.8. The predicted molar refractivity (Wildman–Crippen MR) is 63.5 cm³/mol. The van der Waals surface area contributed by atoms with Gasteiger partial charge in [0, 0.05) is 20.2 Å². The molecule has 2 heterocycles. The number of nitrogen functional groups attached to an aromatic ring is 1. The van der Waals surface area contributed by atoms with Gasteiger partial charge < -0.3 is 15.4 Å². The number of aromatic nitrogens is 1. The Morgan fingerprint density at radius 1 is 1.69 bits per heavy atom. The fourth-order valence-corrected chi connectivity index (χ4v) is 2.73. The van der Waals surface area contributed by atoms with Crippen molar-refractivity contribution in [2.24, 2.45) is 0 Å². The summed E-state index contributed by atoms with van der Waals surface area (Å²) in [6.07, 6.45) is 2.38. The van der Waals surface area contributed by atoms with Crippen LogP contribution in [0.4, 0.5) is 10.8 Å². The number of hydrogen-bond acceptors (Lipinski definition) is 6. The SMILES string of the molecule is COC1CCCN(c2snc(N)c2C#N)C1. The highest BCUT2D eigenvalue weighted by molar-refractivity contribution is 7.10. The Balaban J connectivity index is 2.20. The third-order valence-electron chi connectivity index (χ3n) is 2.81. The van der Waals surface area contributed by atoms with Crippen LogP contribution in [-0.4, -0.2) is 30.7 Å². The number of rotatable bonds is 2. The van der Waals surface area contributed by atoms with Crippen molar-refractivity contribution in [2.45, 2.75) is 18.9 Å². The standard InChI is InChI=1S/C10H14N4OS/c1-15-7-3-2-4-14(6-7)10-8(5-11)9(12)13-16-10/h7H,2-4,6H2,1H3,(H2,12,13). The maximum Gasteiger partial charge on any atom is 0.157 e. The molecule has 2 rings (SSSR count). The lowest BCUT2D eigenvalue weighted by Gasteiger charge is -2.32. The fraction of sp³-hybridized carbons (Fsp3) is 0.600. The molecule has 0 radical (unpaired) electrons. The molecular weight excluding hydrogens is 224 g/mol. The molecule has 1 unspecified atom stereocenters. The van der Waals surface area contributed by atoms with E-state index in [0.29, 0.717) is 11.4 Å².